The van der Waals surface area contributed by atoms with E-state index in [1.54, 1.807) is 6.20 Å². The van der Waals surface area contributed by atoms with Crippen molar-refractivity contribution in [3.05, 3.63) is 36.5 Å². The number of nitrogens with two attached hydrogens (primary N) is 1. The molecule has 1 amide bonds. The molecule has 4 N–H and O–H groups in total. The first-order valence-electron chi connectivity index (χ1n) is 7.37. The van der Waals surface area contributed by atoms with Crippen molar-refractivity contribution < 1.29 is 13.2 Å². The van der Waals surface area contributed by atoms with Gasteiger partial charge in [-0.1, -0.05) is 24.6 Å². The van der Waals surface area contributed by atoms with Gasteiger partial charge in [-0.3, -0.25) is 9.78 Å². The molecule has 0 atom stereocenters. The molecule has 0 aliphatic heterocycles. The molecular weight excluding hydrogens is 316 g/mol. The predicted molar refractivity (Wildman–Crippen MR) is 90.0 cm³/mol. The van der Waals surface area contributed by atoms with Crippen LogP contribution in [0, 0.1) is 0 Å². The quantitative estimate of drug-likeness (QED) is 0.634. The first-order chi connectivity index (χ1) is 11.0. The third-order valence-corrected chi connectivity index (χ3v) is 3.90. The summed E-state index contributed by atoms with van der Waals surface area (Å²) in [6, 6.07) is 9.43. The summed E-state index contributed by atoms with van der Waals surface area (Å²) in [5, 5.41) is 8.66. The number of nitrogens with one attached hydrogen (secondary N) is 2. The van der Waals surface area contributed by atoms with Crippen molar-refractivity contribution in [1.29, 1.82) is 0 Å². The van der Waals surface area contributed by atoms with Gasteiger partial charge in [0.25, 0.3) is 10.2 Å². The largest absolute Gasteiger partial charge is 0.324 e. The lowest BCUT2D eigenvalue weighted by molar-refractivity contribution is -0.116. The number of amides is 1. The SMILES string of the molecule is NS(=O)(=O)NCCCCCC(=O)Nc1cccc2cccnc12. The summed E-state index contributed by atoms with van der Waals surface area (Å²) in [4.78, 5) is 16.3. The monoisotopic (exact) mass is 336 g/mol. The minimum absolute atomic E-state index is 0.0810. The number of carbonyl (C=O) groups is 1. The maximum Gasteiger partial charge on any atom is 0.274 e. The molecule has 0 bridgehead atoms. The minimum atomic E-state index is -3.63. The fourth-order valence-electron chi connectivity index (χ4n) is 2.22. The van der Waals surface area contributed by atoms with Crippen LogP contribution in [0.5, 0.6) is 0 Å². The van der Waals surface area contributed by atoms with Gasteiger partial charge >= 0.3 is 0 Å². The molecule has 0 radical (unpaired) electrons. The summed E-state index contributed by atoms with van der Waals surface area (Å²) in [5.41, 5.74) is 1.46. The molecule has 0 saturated carbocycles. The summed E-state index contributed by atoms with van der Waals surface area (Å²) in [7, 11) is -3.63. The Morgan fingerprint density at radius 2 is 1.91 bits per heavy atom. The average molecular weight is 336 g/mol. The molecule has 1 heterocycles. The Labute approximate surface area is 135 Å². The van der Waals surface area contributed by atoms with Crippen LogP contribution in [0.15, 0.2) is 36.5 Å². The molecule has 1 aromatic heterocycles. The molecule has 2 aromatic rings. The molecule has 7 nitrogen and oxygen atoms in total. The second-order valence-corrected chi connectivity index (χ2v) is 6.56. The van der Waals surface area contributed by atoms with Gasteiger partial charge in [-0.25, -0.2) is 9.86 Å². The van der Waals surface area contributed by atoms with Crippen molar-refractivity contribution >= 4 is 32.7 Å². The van der Waals surface area contributed by atoms with E-state index >= 15 is 0 Å². The predicted octanol–water partition coefficient (Wildman–Crippen LogP) is 1.53. The molecule has 0 saturated heterocycles. The van der Waals surface area contributed by atoms with Crippen molar-refractivity contribution in [2.75, 3.05) is 11.9 Å². The van der Waals surface area contributed by atoms with Crippen molar-refractivity contribution in [3.63, 3.8) is 0 Å². The summed E-state index contributed by atoms with van der Waals surface area (Å²) in [6.45, 7) is 0.285. The highest BCUT2D eigenvalue weighted by Crippen LogP contribution is 2.20. The van der Waals surface area contributed by atoms with Crippen molar-refractivity contribution in [2.24, 2.45) is 5.14 Å². The number of rotatable bonds is 8. The molecular formula is C15H20N4O3S. The lowest BCUT2D eigenvalue weighted by Crippen LogP contribution is -2.31. The molecule has 23 heavy (non-hydrogen) atoms. The fourth-order valence-corrected chi connectivity index (χ4v) is 2.65. The third-order valence-electron chi connectivity index (χ3n) is 3.29. The van der Waals surface area contributed by atoms with Gasteiger partial charge in [0.2, 0.25) is 5.91 Å². The van der Waals surface area contributed by atoms with Crippen molar-refractivity contribution in [1.82, 2.24) is 9.71 Å². The third kappa shape index (κ3) is 5.93. The first kappa shape index (κ1) is 17.3. The fraction of sp³-hybridized carbons (Fsp3) is 0.333. The zero-order valence-electron chi connectivity index (χ0n) is 12.7. The normalized spacial score (nSPS) is 11.5. The average Bonchev–Trinajstić information content (AvgIpc) is 2.50. The van der Waals surface area contributed by atoms with E-state index in [1.807, 2.05) is 30.3 Å². The van der Waals surface area contributed by atoms with Crippen LogP contribution in [0.1, 0.15) is 25.7 Å². The summed E-state index contributed by atoms with van der Waals surface area (Å²) in [6.07, 6.45) is 4.12. The maximum atomic E-state index is 12.0. The van der Waals surface area contributed by atoms with E-state index in [0.29, 0.717) is 24.9 Å². The zero-order chi connectivity index (χ0) is 16.7. The van der Waals surface area contributed by atoms with Crippen LogP contribution < -0.4 is 15.2 Å². The number of benzene rings is 1. The Hall–Kier alpha value is -2.03. The molecule has 1 aromatic carbocycles. The first-order valence-corrected chi connectivity index (χ1v) is 8.91. The Balaban J connectivity index is 1.76. The number of hydrogen-bond donors (Lipinski definition) is 3. The van der Waals surface area contributed by atoms with E-state index < -0.39 is 10.2 Å². The molecule has 8 heteroatoms. The molecule has 124 valence electrons. The summed E-state index contributed by atoms with van der Waals surface area (Å²) < 4.78 is 23.6. The second kappa shape index (κ2) is 8.00. The van der Waals surface area contributed by atoms with E-state index in [4.69, 9.17) is 5.14 Å². The summed E-state index contributed by atoms with van der Waals surface area (Å²) in [5.74, 6) is -0.0810. The Morgan fingerprint density at radius 3 is 2.70 bits per heavy atom. The van der Waals surface area contributed by atoms with Crippen LogP contribution in [0.2, 0.25) is 0 Å². The van der Waals surface area contributed by atoms with Gasteiger partial charge < -0.3 is 5.32 Å². The number of aromatic nitrogens is 1. The maximum absolute atomic E-state index is 12.0. The van der Waals surface area contributed by atoms with E-state index in [9.17, 15) is 13.2 Å². The molecule has 0 fully saturated rings. The Morgan fingerprint density at radius 1 is 1.13 bits per heavy atom. The van der Waals surface area contributed by atoms with Crippen molar-refractivity contribution in [3.8, 4) is 0 Å². The number of para-hydroxylation sites is 1. The number of nitrogens with zero attached hydrogens (tertiary/aromatic N) is 1. The van der Waals surface area contributed by atoms with Crippen molar-refractivity contribution in [2.45, 2.75) is 25.7 Å². The van der Waals surface area contributed by atoms with Gasteiger partial charge in [-0.15, -0.1) is 0 Å². The van der Waals surface area contributed by atoms with Crippen LogP contribution in [-0.4, -0.2) is 25.9 Å². The van der Waals surface area contributed by atoms with Gasteiger partial charge in [0.1, 0.15) is 0 Å². The van der Waals surface area contributed by atoms with Gasteiger partial charge in [0.15, 0.2) is 0 Å². The summed E-state index contributed by atoms with van der Waals surface area (Å²) >= 11 is 0. The smallest absolute Gasteiger partial charge is 0.274 e. The minimum Gasteiger partial charge on any atom is -0.324 e. The number of hydrogen-bond acceptors (Lipinski definition) is 4. The van der Waals surface area contributed by atoms with Gasteiger partial charge in [0.05, 0.1) is 11.2 Å². The van der Waals surface area contributed by atoms with E-state index in [1.165, 1.54) is 0 Å². The molecule has 2 rings (SSSR count). The van der Waals surface area contributed by atoms with E-state index in [-0.39, 0.29) is 12.5 Å². The Kier molecular flexibility index (Phi) is 6.03. The molecule has 0 unspecified atom stereocenters. The second-order valence-electron chi connectivity index (χ2n) is 5.18. The molecule has 0 aliphatic carbocycles. The number of pyridine rings is 1. The van der Waals surface area contributed by atoms with Crippen LogP contribution in [0.3, 0.4) is 0 Å². The highest BCUT2D eigenvalue weighted by atomic mass is 32.2. The standard InChI is InChI=1S/C15H20N4O3S/c16-23(21,22)18-11-3-1-2-9-14(20)19-13-8-4-6-12-7-5-10-17-15(12)13/h4-8,10,18H,1-3,9,11H2,(H,19,20)(H2,16,21,22). The number of unbranched alkanes of at least 4 members (excludes halogenated alkanes) is 2. The van der Waals surface area contributed by atoms with Crippen LogP contribution >= 0.6 is 0 Å². The highest BCUT2D eigenvalue weighted by Gasteiger charge is 2.06. The highest BCUT2D eigenvalue weighted by molar-refractivity contribution is 7.87. The van der Waals surface area contributed by atoms with E-state index in [0.717, 1.165) is 17.3 Å². The molecule has 0 spiro atoms. The van der Waals surface area contributed by atoms with Crippen LogP contribution in [-0.2, 0) is 15.0 Å². The van der Waals surface area contributed by atoms with Crippen LogP contribution in [0.4, 0.5) is 5.69 Å². The van der Waals surface area contributed by atoms with Crippen LogP contribution in [0.25, 0.3) is 10.9 Å². The number of carbonyl (C=O) groups excluding carboxylic acids is 1. The Bertz CT molecular complexity index is 772. The topological polar surface area (TPSA) is 114 Å². The zero-order valence-corrected chi connectivity index (χ0v) is 13.5. The number of anilines is 1. The van der Waals surface area contributed by atoms with Gasteiger partial charge in [0, 0.05) is 24.5 Å². The van der Waals surface area contributed by atoms with Gasteiger partial charge in [-0.05, 0) is 25.0 Å². The van der Waals surface area contributed by atoms with Gasteiger partial charge in [-0.2, -0.15) is 8.42 Å². The number of fused-ring (bicyclic) bond motifs is 1. The lowest BCUT2D eigenvalue weighted by atomic mass is 10.1. The van der Waals surface area contributed by atoms with E-state index in [2.05, 4.69) is 15.0 Å². The lowest BCUT2D eigenvalue weighted by Gasteiger charge is -2.08. The molecule has 0 aliphatic rings.